The maximum Gasteiger partial charge on any atom is 0.270 e. The van der Waals surface area contributed by atoms with Gasteiger partial charge in [-0.05, 0) is 18.6 Å². The van der Waals surface area contributed by atoms with Crippen molar-refractivity contribution in [2.24, 2.45) is 5.92 Å². The lowest BCUT2D eigenvalue weighted by atomic mass is 10.1. The number of aliphatic hydroxyl groups is 1. The minimum absolute atomic E-state index is 0. The first-order chi connectivity index (χ1) is 8.18. The van der Waals surface area contributed by atoms with E-state index in [1.165, 1.54) is 0 Å². The zero-order valence-corrected chi connectivity index (χ0v) is 12.3. The summed E-state index contributed by atoms with van der Waals surface area (Å²) in [6.07, 6.45) is 1.23. The van der Waals surface area contributed by atoms with Crippen LogP contribution in [0.3, 0.4) is 0 Å². The highest BCUT2D eigenvalue weighted by atomic mass is 35.5. The summed E-state index contributed by atoms with van der Waals surface area (Å²) in [6.45, 7) is 3.67. The molecule has 1 aromatic rings. The molecule has 2 heterocycles. The highest BCUT2D eigenvalue weighted by Crippen LogP contribution is 2.08. The van der Waals surface area contributed by atoms with Gasteiger partial charge in [-0.1, -0.05) is 6.07 Å². The van der Waals surface area contributed by atoms with Gasteiger partial charge in [-0.25, -0.2) is 0 Å². The normalized spacial score (nSPS) is 21.2. The number of β-amino-alcohol motifs (C(OH)–C–C–N with tert-alkyl or cyclic N) is 1. The molecular formula is C12H19Cl2N3O2. The summed E-state index contributed by atoms with van der Waals surface area (Å²) in [5, 5.41) is 15.5. The number of rotatable bonds is 3. The van der Waals surface area contributed by atoms with E-state index in [4.69, 9.17) is 0 Å². The van der Waals surface area contributed by atoms with Gasteiger partial charge in [0.05, 0.1) is 6.10 Å². The number of nitrogens with one attached hydrogen (secondary N) is 2. The zero-order chi connectivity index (χ0) is 12.3. The predicted octanol–water partition coefficient (Wildman–Crippen LogP) is 0.544. The summed E-state index contributed by atoms with van der Waals surface area (Å²) < 4.78 is 0. The summed E-state index contributed by atoms with van der Waals surface area (Å²) in [4.78, 5) is 15.9. The molecule has 0 aromatic carbocycles. The molecule has 0 spiro atoms. The van der Waals surface area contributed by atoms with Gasteiger partial charge >= 0.3 is 0 Å². The van der Waals surface area contributed by atoms with E-state index in [0.29, 0.717) is 18.8 Å². The van der Waals surface area contributed by atoms with Crippen molar-refractivity contribution in [2.75, 3.05) is 19.6 Å². The van der Waals surface area contributed by atoms with E-state index in [0.717, 1.165) is 12.1 Å². The third-order valence-electron chi connectivity index (χ3n) is 3.05. The van der Waals surface area contributed by atoms with Crippen molar-refractivity contribution in [3.63, 3.8) is 0 Å². The minimum atomic E-state index is -0.375. The Labute approximate surface area is 125 Å². The van der Waals surface area contributed by atoms with Crippen LogP contribution in [0.5, 0.6) is 0 Å². The Morgan fingerprint density at radius 2 is 2.26 bits per heavy atom. The highest BCUT2D eigenvalue weighted by molar-refractivity contribution is 5.93. The second-order valence-corrected chi connectivity index (χ2v) is 4.36. The van der Waals surface area contributed by atoms with Crippen LogP contribution in [0.25, 0.3) is 0 Å². The lowest BCUT2D eigenvalue weighted by molar-refractivity contribution is 0.0921. The quantitative estimate of drug-likeness (QED) is 0.762. The van der Waals surface area contributed by atoms with E-state index in [1.54, 1.807) is 12.3 Å². The number of hydrogen-bond acceptors (Lipinski definition) is 4. The number of nitrogens with zero attached hydrogens (tertiary/aromatic N) is 1. The number of aliphatic hydroxyl groups excluding tert-OH is 1. The van der Waals surface area contributed by atoms with Crippen LogP contribution in [0.1, 0.15) is 16.1 Å². The van der Waals surface area contributed by atoms with Crippen molar-refractivity contribution in [1.82, 2.24) is 15.6 Å². The largest absolute Gasteiger partial charge is 0.391 e. The first-order valence-corrected chi connectivity index (χ1v) is 5.77. The Kier molecular flexibility index (Phi) is 7.94. The standard InChI is InChI=1S/C12H17N3O2.2ClH/c1-8-3-2-4-14-11(8)12(17)15-6-9-5-13-7-10(9)16;;/h2-4,9-10,13,16H,5-7H2,1H3,(H,15,17);2*1H. The van der Waals surface area contributed by atoms with E-state index in [2.05, 4.69) is 15.6 Å². The smallest absolute Gasteiger partial charge is 0.270 e. The van der Waals surface area contributed by atoms with E-state index in [-0.39, 0.29) is 42.7 Å². The number of hydrogen-bond donors (Lipinski definition) is 3. The lowest BCUT2D eigenvalue weighted by Gasteiger charge is -2.14. The van der Waals surface area contributed by atoms with Crippen LogP contribution in [0.15, 0.2) is 18.3 Å². The zero-order valence-electron chi connectivity index (χ0n) is 10.6. The third kappa shape index (κ3) is 4.62. The SMILES string of the molecule is Cc1cccnc1C(=O)NCC1CNCC1O.Cl.Cl. The first-order valence-electron chi connectivity index (χ1n) is 5.77. The molecule has 108 valence electrons. The fraction of sp³-hybridized carbons (Fsp3) is 0.500. The average molecular weight is 308 g/mol. The average Bonchev–Trinajstić information content (AvgIpc) is 2.72. The van der Waals surface area contributed by atoms with E-state index in [9.17, 15) is 9.90 Å². The van der Waals surface area contributed by atoms with Crippen LogP contribution in [-0.4, -0.2) is 41.7 Å². The molecule has 0 aliphatic carbocycles. The molecule has 0 saturated carbocycles. The molecule has 19 heavy (non-hydrogen) atoms. The Morgan fingerprint density at radius 1 is 1.53 bits per heavy atom. The predicted molar refractivity (Wildman–Crippen MR) is 78.2 cm³/mol. The molecule has 1 aliphatic rings. The van der Waals surface area contributed by atoms with E-state index < -0.39 is 0 Å². The highest BCUT2D eigenvalue weighted by Gasteiger charge is 2.25. The molecule has 2 atom stereocenters. The second kappa shape index (κ2) is 8.32. The summed E-state index contributed by atoms with van der Waals surface area (Å²) in [5.74, 6) is -0.0924. The maximum absolute atomic E-state index is 11.9. The molecule has 1 aromatic heterocycles. The first kappa shape index (κ1) is 18.1. The molecule has 1 saturated heterocycles. The number of pyridine rings is 1. The summed E-state index contributed by atoms with van der Waals surface area (Å²) in [7, 11) is 0. The summed E-state index contributed by atoms with van der Waals surface area (Å²) in [5.41, 5.74) is 1.31. The van der Waals surface area contributed by atoms with Gasteiger partial charge in [0.25, 0.3) is 5.91 Å². The molecule has 0 bridgehead atoms. The number of aryl methyl sites for hydroxylation is 1. The summed E-state index contributed by atoms with van der Waals surface area (Å²) in [6, 6.07) is 3.66. The Hall–Kier alpha value is -0.880. The van der Waals surface area contributed by atoms with Crippen LogP contribution in [0, 0.1) is 12.8 Å². The molecule has 5 nitrogen and oxygen atoms in total. The molecule has 1 amide bonds. The van der Waals surface area contributed by atoms with Crippen molar-refractivity contribution in [1.29, 1.82) is 0 Å². The number of halogens is 2. The fourth-order valence-corrected chi connectivity index (χ4v) is 1.96. The van der Waals surface area contributed by atoms with Gasteiger partial charge in [0.15, 0.2) is 0 Å². The van der Waals surface area contributed by atoms with Gasteiger partial charge in [-0.15, -0.1) is 24.8 Å². The molecule has 3 N–H and O–H groups in total. The number of carbonyl (C=O) groups excluding carboxylic acids is 1. The van der Waals surface area contributed by atoms with Gasteiger partial charge in [0.2, 0.25) is 0 Å². The van der Waals surface area contributed by atoms with Crippen molar-refractivity contribution < 1.29 is 9.90 Å². The summed E-state index contributed by atoms with van der Waals surface area (Å²) >= 11 is 0. The van der Waals surface area contributed by atoms with Crippen LogP contribution in [0.2, 0.25) is 0 Å². The van der Waals surface area contributed by atoms with Gasteiger partial charge in [0.1, 0.15) is 5.69 Å². The number of carbonyl (C=O) groups is 1. The van der Waals surface area contributed by atoms with Gasteiger partial charge in [-0.3, -0.25) is 9.78 Å². The van der Waals surface area contributed by atoms with Crippen LogP contribution in [0.4, 0.5) is 0 Å². The number of aromatic nitrogens is 1. The second-order valence-electron chi connectivity index (χ2n) is 4.36. The van der Waals surface area contributed by atoms with Crippen LogP contribution in [-0.2, 0) is 0 Å². The van der Waals surface area contributed by atoms with Crippen LogP contribution < -0.4 is 10.6 Å². The molecule has 1 fully saturated rings. The van der Waals surface area contributed by atoms with Crippen molar-refractivity contribution in [3.05, 3.63) is 29.6 Å². The minimum Gasteiger partial charge on any atom is -0.391 e. The molecule has 0 radical (unpaired) electrons. The van der Waals surface area contributed by atoms with Gasteiger partial charge < -0.3 is 15.7 Å². The Bertz CT molecular complexity index is 418. The third-order valence-corrected chi connectivity index (χ3v) is 3.05. The van der Waals surface area contributed by atoms with Gasteiger partial charge in [-0.2, -0.15) is 0 Å². The van der Waals surface area contributed by atoms with Gasteiger partial charge in [0, 0.05) is 31.7 Å². The lowest BCUT2D eigenvalue weighted by Crippen LogP contribution is -2.35. The van der Waals surface area contributed by atoms with E-state index in [1.807, 2.05) is 13.0 Å². The Balaban J connectivity index is 0.00000162. The van der Waals surface area contributed by atoms with Crippen molar-refractivity contribution >= 4 is 30.7 Å². The maximum atomic E-state index is 11.9. The topological polar surface area (TPSA) is 74.2 Å². The molecule has 2 unspecified atom stereocenters. The molecule has 2 rings (SSSR count). The Morgan fingerprint density at radius 3 is 2.84 bits per heavy atom. The van der Waals surface area contributed by atoms with Crippen LogP contribution >= 0.6 is 24.8 Å². The fourth-order valence-electron chi connectivity index (χ4n) is 1.96. The van der Waals surface area contributed by atoms with Crippen molar-refractivity contribution in [2.45, 2.75) is 13.0 Å². The van der Waals surface area contributed by atoms with Crippen molar-refractivity contribution in [3.8, 4) is 0 Å². The van der Waals surface area contributed by atoms with E-state index >= 15 is 0 Å². The number of amides is 1. The molecular weight excluding hydrogens is 289 g/mol. The monoisotopic (exact) mass is 307 g/mol. The molecule has 1 aliphatic heterocycles. The molecule has 7 heteroatoms.